The second-order valence-corrected chi connectivity index (χ2v) is 2.16. The van der Waals surface area contributed by atoms with Crippen molar-refractivity contribution in [2.75, 3.05) is 20.6 Å². The molecule has 0 aliphatic carbocycles. The summed E-state index contributed by atoms with van der Waals surface area (Å²) in [6.07, 6.45) is 2.45. The summed E-state index contributed by atoms with van der Waals surface area (Å²) in [5, 5.41) is 0. The first-order valence-corrected chi connectivity index (χ1v) is 3.01. The normalized spacial score (nSPS) is 22.4. The second-order valence-electron chi connectivity index (χ2n) is 2.16. The molecule has 9 heavy (non-hydrogen) atoms. The predicted octanol–water partition coefficient (Wildman–Crippen LogP) is 1.38. The van der Waals surface area contributed by atoms with Gasteiger partial charge in [-0.15, -0.1) is 0 Å². The Morgan fingerprint density at radius 3 is 2.44 bits per heavy atom. The third-order valence-corrected chi connectivity index (χ3v) is 1.59. The standard InChI is InChI=1S/C6H12N2.CH4/c1-7-6-4-3-5-8(6)2;/h3-5H2,1-2H3;1H4. The molecule has 0 saturated carbocycles. The Morgan fingerprint density at radius 2 is 2.22 bits per heavy atom. The molecule has 0 aromatic heterocycles. The molecule has 0 spiro atoms. The summed E-state index contributed by atoms with van der Waals surface area (Å²) in [7, 11) is 3.95. The Labute approximate surface area is 57.6 Å². The van der Waals surface area contributed by atoms with Gasteiger partial charge in [-0.05, 0) is 6.42 Å². The fourth-order valence-electron chi connectivity index (χ4n) is 1.08. The van der Waals surface area contributed by atoms with E-state index >= 15 is 0 Å². The lowest BCUT2D eigenvalue weighted by Crippen LogP contribution is -2.18. The minimum atomic E-state index is 0. The maximum absolute atomic E-state index is 4.11. The molecule has 1 aliphatic heterocycles. The summed E-state index contributed by atoms with van der Waals surface area (Å²) in [5.41, 5.74) is 0. The molecule has 1 rings (SSSR count). The van der Waals surface area contributed by atoms with Gasteiger partial charge in [-0.3, -0.25) is 4.99 Å². The lowest BCUT2D eigenvalue weighted by Gasteiger charge is -2.08. The summed E-state index contributed by atoms with van der Waals surface area (Å²) in [4.78, 5) is 6.32. The number of amidine groups is 1. The van der Waals surface area contributed by atoms with Gasteiger partial charge in [0.05, 0.1) is 5.84 Å². The Morgan fingerprint density at radius 1 is 1.56 bits per heavy atom. The van der Waals surface area contributed by atoms with E-state index < -0.39 is 0 Å². The van der Waals surface area contributed by atoms with Crippen LogP contribution in [0.15, 0.2) is 4.99 Å². The molecule has 0 bridgehead atoms. The summed E-state index contributed by atoms with van der Waals surface area (Å²) < 4.78 is 0. The molecule has 2 heteroatoms. The smallest absolute Gasteiger partial charge is 0.0983 e. The second kappa shape index (κ2) is 3.49. The zero-order valence-electron chi connectivity index (χ0n) is 5.52. The highest BCUT2D eigenvalue weighted by atomic mass is 15.2. The highest BCUT2D eigenvalue weighted by Gasteiger charge is 2.11. The monoisotopic (exact) mass is 128 g/mol. The number of likely N-dealkylation sites (tertiary alicyclic amines) is 1. The molecular weight excluding hydrogens is 112 g/mol. The van der Waals surface area contributed by atoms with E-state index in [1.807, 2.05) is 7.05 Å². The van der Waals surface area contributed by atoms with Gasteiger partial charge in [-0.25, -0.2) is 0 Å². The van der Waals surface area contributed by atoms with Crippen LogP contribution in [0.1, 0.15) is 20.3 Å². The van der Waals surface area contributed by atoms with Crippen LogP contribution in [0.2, 0.25) is 0 Å². The van der Waals surface area contributed by atoms with Crippen LogP contribution in [0.4, 0.5) is 0 Å². The van der Waals surface area contributed by atoms with Gasteiger partial charge in [-0.1, -0.05) is 7.43 Å². The fraction of sp³-hybridized carbons (Fsp3) is 0.857. The molecule has 0 radical (unpaired) electrons. The summed E-state index contributed by atoms with van der Waals surface area (Å²) in [6, 6.07) is 0. The first-order valence-electron chi connectivity index (χ1n) is 3.01. The molecule has 54 valence electrons. The van der Waals surface area contributed by atoms with E-state index in [0.717, 1.165) is 0 Å². The van der Waals surface area contributed by atoms with E-state index in [1.165, 1.54) is 25.2 Å². The van der Waals surface area contributed by atoms with Gasteiger partial charge in [-0.2, -0.15) is 0 Å². The van der Waals surface area contributed by atoms with Crippen molar-refractivity contribution in [1.82, 2.24) is 4.90 Å². The summed E-state index contributed by atoms with van der Waals surface area (Å²) in [6.45, 7) is 1.19. The SMILES string of the molecule is C.CN=C1CCCN1C. The molecule has 1 saturated heterocycles. The van der Waals surface area contributed by atoms with Crippen molar-refractivity contribution in [1.29, 1.82) is 0 Å². The van der Waals surface area contributed by atoms with Gasteiger partial charge < -0.3 is 4.90 Å². The van der Waals surface area contributed by atoms with Crippen molar-refractivity contribution in [3.8, 4) is 0 Å². The maximum Gasteiger partial charge on any atom is 0.0983 e. The van der Waals surface area contributed by atoms with Crippen LogP contribution in [-0.2, 0) is 0 Å². The van der Waals surface area contributed by atoms with Crippen molar-refractivity contribution in [3.05, 3.63) is 0 Å². The van der Waals surface area contributed by atoms with E-state index in [-0.39, 0.29) is 7.43 Å². The Hall–Kier alpha value is -0.530. The van der Waals surface area contributed by atoms with Crippen molar-refractivity contribution in [2.24, 2.45) is 4.99 Å². The lowest BCUT2D eigenvalue weighted by atomic mass is 10.4. The zero-order valence-corrected chi connectivity index (χ0v) is 5.52. The molecule has 0 unspecified atom stereocenters. The molecule has 2 nitrogen and oxygen atoms in total. The fourth-order valence-corrected chi connectivity index (χ4v) is 1.08. The van der Waals surface area contributed by atoms with Crippen LogP contribution in [0.5, 0.6) is 0 Å². The molecule has 0 amide bonds. The largest absolute Gasteiger partial charge is 0.363 e. The lowest BCUT2D eigenvalue weighted by molar-refractivity contribution is 0.549. The van der Waals surface area contributed by atoms with E-state index in [4.69, 9.17) is 0 Å². The third kappa shape index (κ3) is 1.70. The van der Waals surface area contributed by atoms with Gasteiger partial charge >= 0.3 is 0 Å². The molecule has 0 aromatic rings. The minimum Gasteiger partial charge on any atom is -0.363 e. The van der Waals surface area contributed by atoms with Crippen LogP contribution in [-0.4, -0.2) is 31.4 Å². The van der Waals surface area contributed by atoms with E-state index in [2.05, 4.69) is 16.9 Å². The van der Waals surface area contributed by atoms with Crippen LogP contribution < -0.4 is 0 Å². The molecule has 1 heterocycles. The molecule has 1 aliphatic rings. The van der Waals surface area contributed by atoms with E-state index in [0.29, 0.717) is 0 Å². The summed E-state index contributed by atoms with van der Waals surface area (Å²) in [5.74, 6) is 1.25. The van der Waals surface area contributed by atoms with Gasteiger partial charge in [0.1, 0.15) is 0 Å². The van der Waals surface area contributed by atoms with Crippen molar-refractivity contribution in [2.45, 2.75) is 20.3 Å². The number of rotatable bonds is 0. The summed E-state index contributed by atoms with van der Waals surface area (Å²) >= 11 is 0. The highest BCUT2D eigenvalue weighted by Crippen LogP contribution is 2.07. The molecular formula is C7H16N2. The zero-order chi connectivity index (χ0) is 5.98. The van der Waals surface area contributed by atoms with Crippen molar-refractivity contribution < 1.29 is 0 Å². The van der Waals surface area contributed by atoms with E-state index in [1.54, 1.807) is 0 Å². The van der Waals surface area contributed by atoms with Crippen LogP contribution in [0.25, 0.3) is 0 Å². The average Bonchev–Trinajstić information content (AvgIpc) is 2.14. The third-order valence-electron chi connectivity index (χ3n) is 1.59. The molecule has 1 fully saturated rings. The minimum absolute atomic E-state index is 0. The van der Waals surface area contributed by atoms with Gasteiger partial charge in [0.25, 0.3) is 0 Å². The number of hydrogen-bond donors (Lipinski definition) is 0. The van der Waals surface area contributed by atoms with Crippen LogP contribution >= 0.6 is 0 Å². The maximum atomic E-state index is 4.11. The number of aliphatic imine (C=N–C) groups is 1. The molecule has 0 aromatic carbocycles. The van der Waals surface area contributed by atoms with Crippen molar-refractivity contribution in [3.63, 3.8) is 0 Å². The first kappa shape index (κ1) is 8.47. The van der Waals surface area contributed by atoms with Gasteiger partial charge in [0.15, 0.2) is 0 Å². The van der Waals surface area contributed by atoms with E-state index in [9.17, 15) is 0 Å². The predicted molar refractivity (Wildman–Crippen MR) is 42.0 cm³/mol. The quantitative estimate of drug-likeness (QED) is 0.481. The molecule has 0 N–H and O–H groups in total. The number of hydrogen-bond acceptors (Lipinski definition) is 1. The first-order chi connectivity index (χ1) is 3.84. The number of nitrogens with zero attached hydrogens (tertiary/aromatic N) is 2. The topological polar surface area (TPSA) is 15.6 Å². The Kier molecular flexibility index (Phi) is 3.28. The van der Waals surface area contributed by atoms with Gasteiger partial charge in [0.2, 0.25) is 0 Å². The van der Waals surface area contributed by atoms with Crippen LogP contribution in [0, 0.1) is 0 Å². The molecule has 0 atom stereocenters. The van der Waals surface area contributed by atoms with Gasteiger partial charge in [0, 0.05) is 27.1 Å². The van der Waals surface area contributed by atoms with Crippen molar-refractivity contribution >= 4 is 5.84 Å². The average molecular weight is 128 g/mol. The highest BCUT2D eigenvalue weighted by molar-refractivity contribution is 5.83. The van der Waals surface area contributed by atoms with Crippen LogP contribution in [0.3, 0.4) is 0 Å². The Balaban J connectivity index is 0.000000640. The Bertz CT molecular complexity index is 107.